The molecule has 7 heteroatoms. The van der Waals surface area contributed by atoms with Crippen molar-refractivity contribution in [2.75, 3.05) is 39.4 Å². The quantitative estimate of drug-likeness (QED) is 0.668. The first-order valence-corrected chi connectivity index (χ1v) is 9.49. The lowest BCUT2D eigenvalue weighted by Crippen LogP contribution is -2.35. The van der Waals surface area contributed by atoms with Crippen LogP contribution in [0.15, 0.2) is 24.3 Å². The van der Waals surface area contributed by atoms with Gasteiger partial charge in [0.05, 0.1) is 18.6 Å². The molecule has 27 heavy (non-hydrogen) atoms. The van der Waals surface area contributed by atoms with Gasteiger partial charge >= 0.3 is 6.18 Å². The minimum Gasteiger partial charge on any atom is -0.381 e. The van der Waals surface area contributed by atoms with E-state index in [0.29, 0.717) is 45.2 Å². The van der Waals surface area contributed by atoms with Gasteiger partial charge in [-0.2, -0.15) is 13.2 Å². The van der Waals surface area contributed by atoms with E-state index in [0.717, 1.165) is 37.2 Å². The Morgan fingerprint density at radius 1 is 1.11 bits per heavy atom. The number of carbonyl (C=O) groups excluding carboxylic acids is 1. The van der Waals surface area contributed by atoms with Crippen molar-refractivity contribution >= 4 is 5.91 Å². The van der Waals surface area contributed by atoms with Crippen molar-refractivity contribution in [2.45, 2.75) is 39.4 Å². The van der Waals surface area contributed by atoms with Crippen LogP contribution < -0.4 is 0 Å². The summed E-state index contributed by atoms with van der Waals surface area (Å²) in [5.74, 6) is 0.562. The summed E-state index contributed by atoms with van der Waals surface area (Å²) in [5.41, 5.74) is 0.225. The van der Waals surface area contributed by atoms with Crippen LogP contribution >= 0.6 is 0 Å². The van der Waals surface area contributed by atoms with E-state index < -0.39 is 11.7 Å². The van der Waals surface area contributed by atoms with Gasteiger partial charge in [-0.3, -0.25) is 9.69 Å². The summed E-state index contributed by atoms with van der Waals surface area (Å²) in [7, 11) is 0. The Balaban J connectivity index is 1.78. The molecule has 2 rings (SSSR count). The van der Waals surface area contributed by atoms with Gasteiger partial charge in [0.1, 0.15) is 0 Å². The van der Waals surface area contributed by atoms with Gasteiger partial charge in [0.25, 0.3) is 0 Å². The molecule has 0 bridgehead atoms. The van der Waals surface area contributed by atoms with Crippen LogP contribution in [0.5, 0.6) is 0 Å². The SMILES string of the molecule is CC(C)COCCC(=O)N1CCCN(Cc2ccc(C(F)(F)F)cc2)CC1. The summed E-state index contributed by atoms with van der Waals surface area (Å²) in [6.07, 6.45) is -3.05. The highest BCUT2D eigenvalue weighted by Crippen LogP contribution is 2.29. The number of carbonyl (C=O) groups is 1. The number of amides is 1. The van der Waals surface area contributed by atoms with E-state index in [1.165, 1.54) is 12.1 Å². The van der Waals surface area contributed by atoms with Crippen LogP contribution in [0, 0.1) is 5.92 Å². The van der Waals surface area contributed by atoms with Gasteiger partial charge in [-0.1, -0.05) is 26.0 Å². The maximum Gasteiger partial charge on any atom is 0.416 e. The maximum absolute atomic E-state index is 12.6. The van der Waals surface area contributed by atoms with Crippen LogP contribution in [0.25, 0.3) is 0 Å². The normalized spacial score (nSPS) is 16.6. The third kappa shape index (κ3) is 7.50. The van der Waals surface area contributed by atoms with Gasteiger partial charge in [-0.05, 0) is 30.0 Å². The minimum absolute atomic E-state index is 0.107. The molecule has 0 spiro atoms. The predicted octanol–water partition coefficient (Wildman–Crippen LogP) is 3.80. The fourth-order valence-electron chi connectivity index (χ4n) is 3.07. The average molecular weight is 386 g/mol. The van der Waals surface area contributed by atoms with Crippen molar-refractivity contribution in [3.05, 3.63) is 35.4 Å². The van der Waals surface area contributed by atoms with Crippen LogP contribution in [0.1, 0.15) is 37.8 Å². The Labute approximate surface area is 159 Å². The Bertz CT molecular complexity index is 588. The van der Waals surface area contributed by atoms with Crippen LogP contribution in [0.2, 0.25) is 0 Å². The molecule has 1 fully saturated rings. The highest BCUT2D eigenvalue weighted by molar-refractivity contribution is 5.76. The number of halogens is 3. The van der Waals surface area contributed by atoms with Crippen LogP contribution in [0.4, 0.5) is 13.2 Å². The number of rotatable bonds is 7. The Hall–Kier alpha value is -1.60. The summed E-state index contributed by atoms with van der Waals surface area (Å²) in [6, 6.07) is 5.31. The topological polar surface area (TPSA) is 32.8 Å². The van der Waals surface area contributed by atoms with Gasteiger partial charge in [-0.25, -0.2) is 0 Å². The third-order valence-electron chi connectivity index (χ3n) is 4.54. The number of nitrogens with zero attached hydrogens (tertiary/aromatic N) is 2. The van der Waals surface area contributed by atoms with Gasteiger partial charge in [0.2, 0.25) is 5.91 Å². The Morgan fingerprint density at radius 3 is 2.44 bits per heavy atom. The lowest BCUT2D eigenvalue weighted by atomic mass is 10.1. The minimum atomic E-state index is -4.30. The molecule has 1 aromatic rings. The second-order valence-corrected chi connectivity index (χ2v) is 7.42. The van der Waals surface area contributed by atoms with Crippen molar-refractivity contribution in [1.29, 1.82) is 0 Å². The van der Waals surface area contributed by atoms with E-state index >= 15 is 0 Å². The zero-order chi connectivity index (χ0) is 19.9. The van der Waals surface area contributed by atoms with Crippen molar-refractivity contribution in [2.24, 2.45) is 5.92 Å². The number of hydrogen-bond donors (Lipinski definition) is 0. The molecule has 0 aromatic heterocycles. The molecule has 0 atom stereocenters. The molecule has 1 amide bonds. The van der Waals surface area contributed by atoms with Crippen molar-refractivity contribution in [3.63, 3.8) is 0 Å². The van der Waals surface area contributed by atoms with Gasteiger partial charge in [0, 0.05) is 39.3 Å². The molecule has 0 aliphatic carbocycles. The standard InChI is InChI=1S/C20H29F3N2O2/c1-16(2)15-27-13-8-19(26)25-10-3-9-24(11-12-25)14-17-4-6-18(7-5-17)20(21,22)23/h4-7,16H,3,8-15H2,1-2H3. The molecule has 1 heterocycles. The van der Waals surface area contributed by atoms with Gasteiger partial charge < -0.3 is 9.64 Å². The zero-order valence-corrected chi connectivity index (χ0v) is 16.1. The smallest absolute Gasteiger partial charge is 0.381 e. The Morgan fingerprint density at radius 2 is 1.81 bits per heavy atom. The second kappa shape index (κ2) is 10.1. The molecular weight excluding hydrogens is 357 g/mol. The highest BCUT2D eigenvalue weighted by Gasteiger charge is 2.30. The molecule has 0 radical (unpaired) electrons. The lowest BCUT2D eigenvalue weighted by Gasteiger charge is -2.22. The fourth-order valence-corrected chi connectivity index (χ4v) is 3.07. The van der Waals surface area contributed by atoms with Crippen molar-refractivity contribution in [3.8, 4) is 0 Å². The first kappa shape index (κ1) is 21.7. The number of ether oxygens (including phenoxy) is 1. The molecule has 0 saturated carbocycles. The first-order chi connectivity index (χ1) is 12.8. The molecule has 152 valence electrons. The number of alkyl halides is 3. The monoisotopic (exact) mass is 386 g/mol. The van der Waals surface area contributed by atoms with E-state index in [2.05, 4.69) is 18.7 Å². The summed E-state index contributed by atoms with van der Waals surface area (Å²) >= 11 is 0. The van der Waals surface area contributed by atoms with Crippen LogP contribution in [0.3, 0.4) is 0 Å². The van der Waals surface area contributed by atoms with Crippen LogP contribution in [-0.2, 0) is 22.3 Å². The molecule has 4 nitrogen and oxygen atoms in total. The predicted molar refractivity (Wildman–Crippen MR) is 98.2 cm³/mol. The fraction of sp³-hybridized carbons (Fsp3) is 0.650. The van der Waals surface area contributed by atoms with E-state index in [1.54, 1.807) is 0 Å². The molecule has 1 aliphatic heterocycles. The van der Waals surface area contributed by atoms with E-state index in [1.807, 2.05) is 4.90 Å². The summed E-state index contributed by atoms with van der Waals surface area (Å²) < 4.78 is 43.4. The molecule has 1 aromatic carbocycles. The highest BCUT2D eigenvalue weighted by atomic mass is 19.4. The van der Waals surface area contributed by atoms with Gasteiger partial charge in [0.15, 0.2) is 0 Å². The molecule has 1 saturated heterocycles. The summed E-state index contributed by atoms with van der Waals surface area (Å²) in [5, 5.41) is 0. The van der Waals surface area contributed by atoms with Crippen LogP contribution in [-0.4, -0.2) is 55.1 Å². The first-order valence-electron chi connectivity index (χ1n) is 9.49. The molecular formula is C20H29F3N2O2. The largest absolute Gasteiger partial charge is 0.416 e. The maximum atomic E-state index is 12.6. The van der Waals surface area contributed by atoms with E-state index in [9.17, 15) is 18.0 Å². The summed E-state index contributed by atoms with van der Waals surface area (Å²) in [4.78, 5) is 16.4. The zero-order valence-electron chi connectivity index (χ0n) is 16.1. The molecule has 0 unspecified atom stereocenters. The third-order valence-corrected chi connectivity index (χ3v) is 4.54. The summed E-state index contributed by atoms with van der Waals surface area (Å²) in [6.45, 7) is 8.75. The van der Waals surface area contributed by atoms with Crippen molar-refractivity contribution < 1.29 is 22.7 Å². The molecule has 0 N–H and O–H groups in total. The second-order valence-electron chi connectivity index (χ2n) is 7.42. The lowest BCUT2D eigenvalue weighted by molar-refractivity contribution is -0.137. The number of hydrogen-bond acceptors (Lipinski definition) is 3. The average Bonchev–Trinajstić information content (AvgIpc) is 2.84. The van der Waals surface area contributed by atoms with Gasteiger partial charge in [-0.15, -0.1) is 0 Å². The van der Waals surface area contributed by atoms with E-state index in [4.69, 9.17) is 4.74 Å². The van der Waals surface area contributed by atoms with E-state index in [-0.39, 0.29) is 5.91 Å². The molecule has 1 aliphatic rings. The van der Waals surface area contributed by atoms with Crippen molar-refractivity contribution in [1.82, 2.24) is 9.80 Å². The Kier molecular flexibility index (Phi) is 8.10. The number of benzene rings is 1.